The molecule has 0 atom stereocenters. The highest BCUT2D eigenvalue weighted by atomic mass is 31.2. The second kappa shape index (κ2) is 5.79. The van der Waals surface area contributed by atoms with Crippen molar-refractivity contribution in [2.24, 2.45) is 11.5 Å². The zero-order valence-electron chi connectivity index (χ0n) is 9.81. The van der Waals surface area contributed by atoms with Crippen molar-refractivity contribution in [3.63, 3.8) is 0 Å². The minimum absolute atomic E-state index is 0.345. The van der Waals surface area contributed by atoms with Gasteiger partial charge in [-0.15, -0.1) is 0 Å². The Morgan fingerprint density at radius 1 is 1.11 bits per heavy atom. The second-order valence-corrected chi connectivity index (χ2v) is 5.50. The molecule has 102 valence electrons. The first-order chi connectivity index (χ1) is 8.69. The van der Waals surface area contributed by atoms with E-state index in [1.807, 2.05) is 0 Å². The third-order valence-corrected chi connectivity index (χ3v) is 2.99. The lowest BCUT2D eigenvalue weighted by molar-refractivity contribution is -0.120. The van der Waals surface area contributed by atoms with Gasteiger partial charge in [0.2, 0.25) is 0 Å². The summed E-state index contributed by atoms with van der Waals surface area (Å²) in [5.74, 6) is -1.88. The second-order valence-electron chi connectivity index (χ2n) is 3.85. The van der Waals surface area contributed by atoms with Gasteiger partial charge in [0, 0.05) is 0 Å². The Morgan fingerprint density at radius 2 is 1.58 bits per heavy atom. The van der Waals surface area contributed by atoms with E-state index >= 15 is 0 Å². The van der Waals surface area contributed by atoms with Crippen LogP contribution in [-0.4, -0.2) is 21.6 Å². The fraction of sp³-hybridized carbons (Fsp3) is 0.0909. The van der Waals surface area contributed by atoms with Crippen LogP contribution >= 0.6 is 7.60 Å². The molecule has 0 spiro atoms. The summed E-state index contributed by atoms with van der Waals surface area (Å²) in [6.07, 6.45) is 0.835. The summed E-state index contributed by atoms with van der Waals surface area (Å²) >= 11 is 0. The van der Waals surface area contributed by atoms with Gasteiger partial charge in [0.1, 0.15) is 5.57 Å². The zero-order valence-corrected chi connectivity index (χ0v) is 10.7. The van der Waals surface area contributed by atoms with Crippen LogP contribution in [0.4, 0.5) is 0 Å². The number of nitrogens with two attached hydrogens (primary N) is 2. The molecule has 0 aliphatic heterocycles. The lowest BCUT2D eigenvalue weighted by atomic mass is 10.1. The maximum atomic E-state index is 10.9. The maximum absolute atomic E-state index is 10.9. The number of primary amides is 2. The van der Waals surface area contributed by atoms with Gasteiger partial charge in [-0.25, -0.2) is 0 Å². The minimum atomic E-state index is -4.13. The number of carbonyl (C=O) groups is 2. The molecule has 2 amide bonds. The highest BCUT2D eigenvalue weighted by molar-refractivity contribution is 7.50. The summed E-state index contributed by atoms with van der Waals surface area (Å²) in [5.41, 5.74) is 10.5. The fourth-order valence-corrected chi connectivity index (χ4v) is 2.07. The summed E-state index contributed by atoms with van der Waals surface area (Å²) in [6.45, 7) is 0. The topological polar surface area (TPSA) is 144 Å². The molecule has 0 saturated carbocycles. The van der Waals surface area contributed by atoms with Gasteiger partial charge in [0.05, 0.1) is 6.16 Å². The molecule has 1 rings (SSSR count). The lowest BCUT2D eigenvalue weighted by Crippen LogP contribution is -2.25. The SMILES string of the molecule is NC(=O)C(=Cc1ccc(CP(=O)(O)O)cc1)C(N)=O. The van der Waals surface area contributed by atoms with Crippen molar-refractivity contribution < 1.29 is 23.9 Å². The third-order valence-electron chi connectivity index (χ3n) is 2.21. The molecule has 0 bridgehead atoms. The molecular formula is C11H13N2O5P. The Hall–Kier alpha value is -1.95. The van der Waals surface area contributed by atoms with Crippen LogP contribution < -0.4 is 11.5 Å². The van der Waals surface area contributed by atoms with E-state index in [0.29, 0.717) is 11.1 Å². The largest absolute Gasteiger partial charge is 0.365 e. The molecule has 6 N–H and O–H groups in total. The molecule has 0 aliphatic rings. The first-order valence-electron chi connectivity index (χ1n) is 5.14. The van der Waals surface area contributed by atoms with E-state index in [1.165, 1.54) is 30.3 Å². The van der Waals surface area contributed by atoms with Gasteiger partial charge in [0.25, 0.3) is 11.8 Å². The summed E-state index contributed by atoms with van der Waals surface area (Å²) in [5, 5.41) is 0. The van der Waals surface area contributed by atoms with E-state index in [0.717, 1.165) is 0 Å². The number of hydrogen-bond acceptors (Lipinski definition) is 3. The van der Waals surface area contributed by atoms with Crippen LogP contribution in [0.1, 0.15) is 11.1 Å². The van der Waals surface area contributed by atoms with E-state index < -0.39 is 19.4 Å². The van der Waals surface area contributed by atoms with Crippen LogP contribution in [0.2, 0.25) is 0 Å². The smallest absolute Gasteiger partial charge is 0.329 e. The Labute approximate surface area is 109 Å². The average molecular weight is 284 g/mol. The predicted octanol–water partition coefficient (Wildman–Crippen LogP) is -0.282. The van der Waals surface area contributed by atoms with Crippen molar-refractivity contribution in [1.29, 1.82) is 0 Å². The van der Waals surface area contributed by atoms with Crippen LogP contribution in [-0.2, 0) is 20.3 Å². The molecule has 0 unspecified atom stereocenters. The Morgan fingerprint density at radius 3 is 1.95 bits per heavy atom. The zero-order chi connectivity index (χ0) is 14.6. The van der Waals surface area contributed by atoms with E-state index in [2.05, 4.69) is 0 Å². The van der Waals surface area contributed by atoms with Gasteiger partial charge in [-0.3, -0.25) is 14.2 Å². The Balaban J connectivity index is 2.99. The number of benzene rings is 1. The van der Waals surface area contributed by atoms with Crippen LogP contribution in [0.5, 0.6) is 0 Å². The maximum Gasteiger partial charge on any atom is 0.329 e. The van der Waals surface area contributed by atoms with Gasteiger partial charge in [-0.1, -0.05) is 24.3 Å². The average Bonchev–Trinajstić information content (AvgIpc) is 2.25. The monoisotopic (exact) mass is 284 g/mol. The Bertz CT molecular complexity index is 557. The van der Waals surface area contributed by atoms with Crippen molar-refractivity contribution in [1.82, 2.24) is 0 Å². The highest BCUT2D eigenvalue weighted by Crippen LogP contribution is 2.38. The van der Waals surface area contributed by atoms with Gasteiger partial charge >= 0.3 is 7.60 Å². The van der Waals surface area contributed by atoms with Gasteiger partial charge in [0.15, 0.2) is 0 Å². The molecule has 0 fully saturated rings. The van der Waals surface area contributed by atoms with E-state index in [-0.39, 0.29) is 11.7 Å². The summed E-state index contributed by atoms with van der Waals surface area (Å²) in [4.78, 5) is 39.5. The van der Waals surface area contributed by atoms with Crippen LogP contribution in [0.25, 0.3) is 6.08 Å². The molecule has 1 aromatic carbocycles. The van der Waals surface area contributed by atoms with Crippen LogP contribution in [0.15, 0.2) is 29.8 Å². The fourth-order valence-electron chi connectivity index (χ4n) is 1.39. The van der Waals surface area contributed by atoms with Crippen LogP contribution in [0.3, 0.4) is 0 Å². The lowest BCUT2D eigenvalue weighted by Gasteiger charge is -2.04. The molecule has 0 aliphatic carbocycles. The van der Waals surface area contributed by atoms with Crippen LogP contribution in [0, 0.1) is 0 Å². The van der Waals surface area contributed by atoms with Crippen molar-refractivity contribution in [2.75, 3.05) is 0 Å². The first-order valence-corrected chi connectivity index (χ1v) is 6.93. The standard InChI is InChI=1S/C11H13N2O5P/c12-10(14)9(11(13)15)5-7-1-3-8(4-2-7)6-19(16,17)18/h1-5H,6H2,(H2,12,14)(H2,13,15)(H2,16,17,18). The summed E-state index contributed by atoms with van der Waals surface area (Å²) in [7, 11) is -4.13. The number of hydrogen-bond donors (Lipinski definition) is 4. The minimum Gasteiger partial charge on any atom is -0.365 e. The predicted molar refractivity (Wildman–Crippen MR) is 68.6 cm³/mol. The summed E-state index contributed by atoms with van der Waals surface area (Å²) < 4.78 is 10.8. The number of carbonyl (C=O) groups excluding carboxylic acids is 2. The van der Waals surface area contributed by atoms with E-state index in [9.17, 15) is 14.2 Å². The highest BCUT2D eigenvalue weighted by Gasteiger charge is 2.14. The molecule has 0 saturated heterocycles. The number of amides is 2. The molecule has 19 heavy (non-hydrogen) atoms. The third kappa shape index (κ3) is 5.05. The molecule has 7 nitrogen and oxygen atoms in total. The van der Waals surface area contributed by atoms with Gasteiger partial charge in [-0.2, -0.15) is 0 Å². The van der Waals surface area contributed by atoms with E-state index in [4.69, 9.17) is 21.3 Å². The normalized spacial score (nSPS) is 10.8. The Kier molecular flexibility index (Phi) is 4.61. The molecule has 0 aromatic heterocycles. The molecule has 0 radical (unpaired) electrons. The molecular weight excluding hydrogens is 271 g/mol. The summed E-state index contributed by atoms with van der Waals surface area (Å²) in [6, 6.07) is 5.95. The molecule has 1 aromatic rings. The van der Waals surface area contributed by atoms with Crippen molar-refractivity contribution in [3.05, 3.63) is 41.0 Å². The quantitative estimate of drug-likeness (QED) is 0.254. The van der Waals surface area contributed by atoms with Gasteiger partial charge in [-0.05, 0) is 17.2 Å². The van der Waals surface area contributed by atoms with Crippen molar-refractivity contribution in [3.8, 4) is 0 Å². The molecule has 8 heteroatoms. The van der Waals surface area contributed by atoms with Crippen molar-refractivity contribution >= 4 is 25.5 Å². The van der Waals surface area contributed by atoms with E-state index in [1.54, 1.807) is 0 Å². The van der Waals surface area contributed by atoms with Gasteiger partial charge < -0.3 is 21.3 Å². The first kappa shape index (κ1) is 15.1. The molecule has 0 heterocycles. The number of rotatable bonds is 5. The van der Waals surface area contributed by atoms with Crippen molar-refractivity contribution in [2.45, 2.75) is 6.16 Å².